The van der Waals surface area contributed by atoms with Gasteiger partial charge in [0.1, 0.15) is 0 Å². The quantitative estimate of drug-likeness (QED) is 0.572. The molecule has 0 N–H and O–H groups in total. The van der Waals surface area contributed by atoms with Crippen LogP contribution in [0.3, 0.4) is 0 Å². The second-order valence-corrected chi connectivity index (χ2v) is 14.7. The average Bonchev–Trinajstić information content (AvgIpc) is 2.52. The number of benzene rings is 1. The van der Waals surface area contributed by atoms with Gasteiger partial charge in [0.15, 0.2) is 8.32 Å². The van der Waals surface area contributed by atoms with Crippen LogP contribution in [0.4, 0.5) is 0 Å². The minimum Gasteiger partial charge on any atom is -0.414 e. The lowest BCUT2D eigenvalue weighted by molar-refractivity contribution is -0.0835. The van der Waals surface area contributed by atoms with Gasteiger partial charge in [-0.05, 0) is 67.6 Å². The van der Waals surface area contributed by atoms with Gasteiger partial charge in [0.25, 0.3) is 0 Å². The van der Waals surface area contributed by atoms with Crippen LogP contribution >= 0.6 is 0 Å². The predicted octanol–water partition coefficient (Wildman–Crippen LogP) is 6.32. The summed E-state index contributed by atoms with van der Waals surface area (Å²) in [4.78, 5) is 0. The molecular weight excluding hydrogens is 324 g/mol. The Morgan fingerprint density at radius 3 is 2.16 bits per heavy atom. The Kier molecular flexibility index (Phi) is 5.48. The first-order chi connectivity index (χ1) is 11.7. The van der Waals surface area contributed by atoms with E-state index in [-0.39, 0.29) is 0 Å². The Hall–Kier alpha value is -0.643. The number of hydrogen-bond donors (Lipinski definition) is 0. The van der Waals surface area contributed by atoms with Crippen molar-refractivity contribution in [1.29, 1.82) is 0 Å². The number of rotatable bonds is 5. The van der Waals surface area contributed by atoms with Crippen LogP contribution in [-0.4, -0.2) is 20.5 Å². The van der Waals surface area contributed by atoms with Crippen LogP contribution in [0.25, 0.3) is 0 Å². The molecule has 0 heterocycles. The van der Waals surface area contributed by atoms with Crippen molar-refractivity contribution in [3.8, 4) is 0 Å². The molecule has 0 unspecified atom stereocenters. The summed E-state index contributed by atoms with van der Waals surface area (Å²) in [5.41, 5.74) is 1.86. The minimum atomic E-state index is -1.61. The first-order valence-corrected chi connectivity index (χ1v) is 12.9. The Bertz CT molecular complexity index is 545. The molecule has 1 spiro atoms. The summed E-state index contributed by atoms with van der Waals surface area (Å²) in [5.74, 6) is 0. The van der Waals surface area contributed by atoms with Crippen molar-refractivity contribution in [2.45, 2.75) is 96.2 Å². The lowest BCUT2D eigenvalue weighted by atomic mass is 9.59. The molecule has 0 aliphatic heterocycles. The van der Waals surface area contributed by atoms with Crippen LogP contribution in [0.15, 0.2) is 30.3 Å². The molecule has 3 heteroatoms. The maximum absolute atomic E-state index is 6.61. The standard InChI is InChI=1S/C22H36O2Si/c1-21(2,3)25(4,5)24-20-15-22(16-20)13-11-19(12-14-22)23-17-18-9-7-6-8-10-18/h6-10,19-20H,11-17H2,1-5H3. The predicted molar refractivity (Wildman–Crippen MR) is 107 cm³/mol. The highest BCUT2D eigenvalue weighted by molar-refractivity contribution is 6.74. The Labute approximate surface area is 155 Å². The third-order valence-electron chi connectivity index (χ3n) is 6.91. The van der Waals surface area contributed by atoms with Crippen LogP contribution in [0, 0.1) is 5.41 Å². The summed E-state index contributed by atoms with van der Waals surface area (Å²) in [5, 5.41) is 0.318. The van der Waals surface area contributed by atoms with Gasteiger partial charge in [-0.1, -0.05) is 51.1 Å². The van der Waals surface area contributed by atoms with Crippen LogP contribution in [0.1, 0.15) is 64.9 Å². The van der Waals surface area contributed by atoms with Gasteiger partial charge in [0.05, 0.1) is 12.7 Å². The SMILES string of the molecule is CC(C)(C)[Si](C)(C)OC1CC2(CCC(OCc3ccccc3)CC2)C1. The third-order valence-corrected chi connectivity index (χ3v) is 11.4. The summed E-state index contributed by atoms with van der Waals surface area (Å²) in [6.07, 6.45) is 8.62. The normalized spacial score (nSPS) is 30.3. The molecule has 0 atom stereocenters. The van der Waals surface area contributed by atoms with E-state index >= 15 is 0 Å². The molecule has 0 radical (unpaired) electrons. The van der Waals surface area contributed by atoms with Gasteiger partial charge in [-0.15, -0.1) is 0 Å². The summed E-state index contributed by atoms with van der Waals surface area (Å²) in [6, 6.07) is 10.5. The van der Waals surface area contributed by atoms with Gasteiger partial charge >= 0.3 is 0 Å². The van der Waals surface area contributed by atoms with E-state index in [0.29, 0.717) is 22.7 Å². The zero-order valence-electron chi connectivity index (χ0n) is 16.8. The van der Waals surface area contributed by atoms with Crippen molar-refractivity contribution in [1.82, 2.24) is 0 Å². The lowest BCUT2D eigenvalue weighted by Crippen LogP contribution is -2.52. The van der Waals surface area contributed by atoms with Gasteiger partial charge in [0, 0.05) is 6.10 Å². The molecule has 3 rings (SSSR count). The van der Waals surface area contributed by atoms with Crippen LogP contribution < -0.4 is 0 Å². The van der Waals surface area contributed by atoms with Gasteiger partial charge < -0.3 is 9.16 Å². The van der Waals surface area contributed by atoms with Crippen molar-refractivity contribution in [3.63, 3.8) is 0 Å². The van der Waals surface area contributed by atoms with Crippen LogP contribution in [0.2, 0.25) is 18.1 Å². The Balaban J connectivity index is 1.40. The topological polar surface area (TPSA) is 18.5 Å². The molecule has 2 aliphatic rings. The Morgan fingerprint density at radius 2 is 1.60 bits per heavy atom. The summed E-state index contributed by atoms with van der Waals surface area (Å²) in [6.45, 7) is 12.5. The molecule has 0 bridgehead atoms. The third kappa shape index (κ3) is 4.56. The number of hydrogen-bond acceptors (Lipinski definition) is 2. The fourth-order valence-electron chi connectivity index (χ4n) is 4.15. The maximum atomic E-state index is 6.61. The molecule has 2 nitrogen and oxygen atoms in total. The highest BCUT2D eigenvalue weighted by atomic mass is 28.4. The van der Waals surface area contributed by atoms with Crippen LogP contribution in [-0.2, 0) is 15.8 Å². The van der Waals surface area contributed by atoms with Crippen molar-refractivity contribution < 1.29 is 9.16 Å². The molecule has 0 saturated heterocycles. The number of ether oxygens (including phenoxy) is 1. The smallest absolute Gasteiger partial charge is 0.192 e. The summed E-state index contributed by atoms with van der Waals surface area (Å²) in [7, 11) is -1.61. The van der Waals surface area contributed by atoms with Crippen molar-refractivity contribution in [2.24, 2.45) is 5.41 Å². The molecule has 2 saturated carbocycles. The van der Waals surface area contributed by atoms with Crippen molar-refractivity contribution in [2.75, 3.05) is 0 Å². The monoisotopic (exact) mass is 360 g/mol. The zero-order chi connectivity index (χ0) is 18.1. The van der Waals surface area contributed by atoms with E-state index in [9.17, 15) is 0 Å². The molecular formula is C22H36O2Si. The van der Waals surface area contributed by atoms with E-state index < -0.39 is 8.32 Å². The van der Waals surface area contributed by atoms with Crippen molar-refractivity contribution in [3.05, 3.63) is 35.9 Å². The fraction of sp³-hybridized carbons (Fsp3) is 0.727. The summed E-state index contributed by atoms with van der Waals surface area (Å²) < 4.78 is 12.8. The highest BCUT2D eigenvalue weighted by Gasteiger charge is 2.50. The lowest BCUT2D eigenvalue weighted by Gasteiger charge is -2.54. The molecule has 1 aromatic rings. The van der Waals surface area contributed by atoms with Gasteiger partial charge in [0.2, 0.25) is 0 Å². The minimum absolute atomic E-state index is 0.318. The van der Waals surface area contributed by atoms with Gasteiger partial charge in [-0.2, -0.15) is 0 Å². The van der Waals surface area contributed by atoms with E-state index in [1.54, 1.807) is 0 Å². The molecule has 0 aromatic heterocycles. The Morgan fingerprint density at radius 1 is 1.00 bits per heavy atom. The first kappa shape index (κ1) is 19.1. The van der Waals surface area contributed by atoms with Crippen molar-refractivity contribution >= 4 is 8.32 Å². The molecule has 140 valence electrons. The maximum Gasteiger partial charge on any atom is 0.192 e. The van der Waals surface area contributed by atoms with E-state index in [0.717, 1.165) is 6.61 Å². The fourth-order valence-corrected chi connectivity index (χ4v) is 5.50. The summed E-state index contributed by atoms with van der Waals surface area (Å²) >= 11 is 0. The first-order valence-electron chi connectivity index (χ1n) is 10.0. The van der Waals surface area contributed by atoms with Gasteiger partial charge in [-0.3, -0.25) is 0 Å². The van der Waals surface area contributed by atoms with E-state index in [2.05, 4.69) is 64.2 Å². The molecule has 1 aromatic carbocycles. The van der Waals surface area contributed by atoms with E-state index in [4.69, 9.17) is 9.16 Å². The molecule has 2 aliphatic carbocycles. The molecule has 0 amide bonds. The second kappa shape index (κ2) is 7.17. The average molecular weight is 361 g/mol. The highest BCUT2D eigenvalue weighted by Crippen LogP contribution is 2.54. The zero-order valence-corrected chi connectivity index (χ0v) is 17.8. The second-order valence-electron chi connectivity index (χ2n) is 9.90. The van der Waals surface area contributed by atoms with E-state index in [1.165, 1.54) is 44.1 Å². The molecule has 2 fully saturated rings. The van der Waals surface area contributed by atoms with E-state index in [1.807, 2.05) is 0 Å². The molecule has 25 heavy (non-hydrogen) atoms. The van der Waals surface area contributed by atoms with Crippen LogP contribution in [0.5, 0.6) is 0 Å². The largest absolute Gasteiger partial charge is 0.414 e. The van der Waals surface area contributed by atoms with Gasteiger partial charge in [-0.25, -0.2) is 0 Å².